The number of ether oxygens (including phenoxy) is 1. The van der Waals surface area contributed by atoms with Crippen LogP contribution < -0.4 is 10.1 Å². The van der Waals surface area contributed by atoms with Crippen molar-refractivity contribution in [3.63, 3.8) is 0 Å². The molecule has 1 unspecified atom stereocenters. The number of para-hydroxylation sites is 1. The summed E-state index contributed by atoms with van der Waals surface area (Å²) in [4.78, 5) is 17.4. The molecule has 27 heavy (non-hydrogen) atoms. The Hall–Kier alpha value is -2.24. The highest BCUT2D eigenvalue weighted by Crippen LogP contribution is 2.32. The Morgan fingerprint density at radius 1 is 1.26 bits per heavy atom. The zero-order valence-corrected chi connectivity index (χ0v) is 17.0. The Labute approximate surface area is 168 Å². The van der Waals surface area contributed by atoms with Crippen LogP contribution in [0, 0.1) is 6.92 Å². The Balaban J connectivity index is 1.83. The quantitative estimate of drug-likeness (QED) is 0.538. The highest BCUT2D eigenvalue weighted by Gasteiger charge is 2.20. The second-order valence-corrected chi connectivity index (χ2v) is 7.80. The Morgan fingerprint density at radius 2 is 2.00 bits per heavy atom. The van der Waals surface area contributed by atoms with Crippen LogP contribution in [0.15, 0.2) is 53.6 Å². The van der Waals surface area contributed by atoms with Crippen molar-refractivity contribution in [2.75, 3.05) is 12.4 Å². The number of carbonyl (C=O) groups is 1. The topological polar surface area (TPSA) is 51.2 Å². The predicted octanol–water partition coefficient (Wildman–Crippen LogP) is 5.71. The molecular formula is C21H21ClN2O2S. The van der Waals surface area contributed by atoms with E-state index in [-0.39, 0.29) is 11.2 Å². The Morgan fingerprint density at radius 3 is 2.67 bits per heavy atom. The molecule has 140 valence electrons. The first kappa shape index (κ1) is 19.5. The van der Waals surface area contributed by atoms with E-state index in [9.17, 15) is 4.79 Å². The van der Waals surface area contributed by atoms with E-state index in [1.165, 1.54) is 11.8 Å². The summed E-state index contributed by atoms with van der Waals surface area (Å²) in [5.41, 5.74) is 2.65. The van der Waals surface area contributed by atoms with Crippen LogP contribution in [-0.2, 0) is 4.79 Å². The first-order valence-corrected chi connectivity index (χ1v) is 9.95. The lowest BCUT2D eigenvalue weighted by atomic mass is 10.1. The van der Waals surface area contributed by atoms with E-state index in [0.717, 1.165) is 32.9 Å². The van der Waals surface area contributed by atoms with Crippen molar-refractivity contribution in [2.45, 2.75) is 30.5 Å². The number of pyridine rings is 1. The molecule has 6 heteroatoms. The van der Waals surface area contributed by atoms with Crippen LogP contribution in [0.5, 0.6) is 5.75 Å². The van der Waals surface area contributed by atoms with Crippen molar-refractivity contribution >= 4 is 45.9 Å². The van der Waals surface area contributed by atoms with Gasteiger partial charge < -0.3 is 10.1 Å². The summed E-state index contributed by atoms with van der Waals surface area (Å²) >= 11 is 7.36. The van der Waals surface area contributed by atoms with Crippen LogP contribution in [0.1, 0.15) is 18.9 Å². The fourth-order valence-corrected chi connectivity index (χ4v) is 3.95. The predicted molar refractivity (Wildman–Crippen MR) is 113 cm³/mol. The van der Waals surface area contributed by atoms with Gasteiger partial charge in [-0.3, -0.25) is 4.79 Å². The van der Waals surface area contributed by atoms with Gasteiger partial charge >= 0.3 is 0 Å². The second-order valence-electron chi connectivity index (χ2n) is 6.14. The standard InChI is InChI=1S/C21H21ClN2O2S/c1-4-18(21(25)23-15-10-8-14(22)9-11-15)27-19-12-13(2)16-6-5-7-17(26-3)20(16)24-19/h5-12,18H,4H2,1-3H3,(H,23,25). The van der Waals surface area contributed by atoms with Gasteiger partial charge in [0, 0.05) is 16.1 Å². The Kier molecular flexibility index (Phi) is 6.24. The first-order chi connectivity index (χ1) is 13.0. The smallest absolute Gasteiger partial charge is 0.237 e. The number of anilines is 1. The number of thioether (sulfide) groups is 1. The number of carbonyl (C=O) groups excluding carboxylic acids is 1. The number of fused-ring (bicyclic) bond motifs is 1. The van der Waals surface area contributed by atoms with Gasteiger partial charge in [-0.05, 0) is 55.3 Å². The maximum Gasteiger partial charge on any atom is 0.237 e. The number of benzene rings is 2. The molecular weight excluding hydrogens is 380 g/mol. The number of rotatable bonds is 6. The number of hydrogen-bond donors (Lipinski definition) is 1. The van der Waals surface area contributed by atoms with Crippen molar-refractivity contribution in [3.8, 4) is 5.75 Å². The SMILES string of the molecule is CCC(Sc1cc(C)c2cccc(OC)c2n1)C(=O)Nc1ccc(Cl)cc1. The molecule has 1 aromatic heterocycles. The van der Waals surface area contributed by atoms with Gasteiger partial charge in [0.15, 0.2) is 0 Å². The van der Waals surface area contributed by atoms with E-state index in [2.05, 4.69) is 5.32 Å². The lowest BCUT2D eigenvalue weighted by molar-refractivity contribution is -0.115. The maximum atomic E-state index is 12.7. The van der Waals surface area contributed by atoms with Gasteiger partial charge in [0.05, 0.1) is 17.4 Å². The van der Waals surface area contributed by atoms with Gasteiger partial charge in [0.25, 0.3) is 0 Å². The van der Waals surface area contributed by atoms with E-state index >= 15 is 0 Å². The van der Waals surface area contributed by atoms with Gasteiger partial charge in [-0.15, -0.1) is 0 Å². The number of aromatic nitrogens is 1. The minimum atomic E-state index is -0.250. The number of hydrogen-bond acceptors (Lipinski definition) is 4. The number of halogens is 1. The molecule has 3 rings (SSSR count). The fourth-order valence-electron chi connectivity index (χ4n) is 2.81. The number of methoxy groups -OCH3 is 1. The van der Waals surface area contributed by atoms with Crippen molar-refractivity contribution in [3.05, 3.63) is 59.1 Å². The summed E-state index contributed by atoms with van der Waals surface area (Å²) in [6.07, 6.45) is 0.689. The van der Waals surface area contributed by atoms with E-state index in [4.69, 9.17) is 21.3 Å². The van der Waals surface area contributed by atoms with Crippen LogP contribution in [0.3, 0.4) is 0 Å². The summed E-state index contributed by atoms with van der Waals surface area (Å²) in [5, 5.41) is 5.19. The summed E-state index contributed by atoms with van der Waals surface area (Å²) < 4.78 is 5.44. The molecule has 2 aromatic carbocycles. The molecule has 0 fully saturated rings. The summed E-state index contributed by atoms with van der Waals surface area (Å²) in [6.45, 7) is 4.04. The lowest BCUT2D eigenvalue weighted by Gasteiger charge is -2.16. The third-order valence-corrected chi connectivity index (χ3v) is 5.78. The molecule has 0 spiro atoms. The van der Waals surface area contributed by atoms with Crippen LogP contribution >= 0.6 is 23.4 Å². The molecule has 0 saturated carbocycles. The fraction of sp³-hybridized carbons (Fsp3) is 0.238. The summed E-state index contributed by atoms with van der Waals surface area (Å²) in [7, 11) is 1.64. The van der Waals surface area contributed by atoms with Crippen LogP contribution in [0.4, 0.5) is 5.69 Å². The number of aryl methyl sites for hydroxylation is 1. The molecule has 4 nitrogen and oxygen atoms in total. The molecule has 1 atom stereocenters. The van der Waals surface area contributed by atoms with E-state index in [0.29, 0.717) is 11.4 Å². The van der Waals surface area contributed by atoms with Crippen molar-refractivity contribution in [2.24, 2.45) is 0 Å². The van der Waals surface area contributed by atoms with Gasteiger partial charge in [0.2, 0.25) is 5.91 Å². The van der Waals surface area contributed by atoms with Gasteiger partial charge in [-0.2, -0.15) is 0 Å². The van der Waals surface area contributed by atoms with Crippen LogP contribution in [0.25, 0.3) is 10.9 Å². The van der Waals surface area contributed by atoms with E-state index < -0.39 is 0 Å². The zero-order valence-electron chi connectivity index (χ0n) is 15.5. The molecule has 0 radical (unpaired) electrons. The average Bonchev–Trinajstić information content (AvgIpc) is 2.67. The molecule has 0 aliphatic heterocycles. The van der Waals surface area contributed by atoms with Gasteiger partial charge in [0.1, 0.15) is 11.3 Å². The molecule has 1 amide bonds. The summed E-state index contributed by atoms with van der Waals surface area (Å²) in [5.74, 6) is 0.682. The number of amides is 1. The van der Waals surface area contributed by atoms with E-state index in [1.807, 2.05) is 38.1 Å². The average molecular weight is 401 g/mol. The highest BCUT2D eigenvalue weighted by molar-refractivity contribution is 8.00. The van der Waals surface area contributed by atoms with Crippen molar-refractivity contribution in [1.82, 2.24) is 4.98 Å². The van der Waals surface area contributed by atoms with Crippen molar-refractivity contribution in [1.29, 1.82) is 0 Å². The minimum Gasteiger partial charge on any atom is -0.494 e. The van der Waals surface area contributed by atoms with E-state index in [1.54, 1.807) is 31.4 Å². The summed E-state index contributed by atoms with van der Waals surface area (Å²) in [6, 6.07) is 15.0. The van der Waals surface area contributed by atoms with Crippen LogP contribution in [-0.4, -0.2) is 23.3 Å². The molecule has 0 saturated heterocycles. The minimum absolute atomic E-state index is 0.0515. The number of nitrogens with zero attached hydrogens (tertiary/aromatic N) is 1. The highest BCUT2D eigenvalue weighted by atomic mass is 35.5. The normalized spacial score (nSPS) is 12.0. The molecule has 1 heterocycles. The molecule has 0 aliphatic rings. The van der Waals surface area contributed by atoms with Gasteiger partial charge in [-0.1, -0.05) is 42.4 Å². The molecule has 3 aromatic rings. The van der Waals surface area contributed by atoms with Gasteiger partial charge in [-0.25, -0.2) is 4.98 Å². The largest absolute Gasteiger partial charge is 0.494 e. The molecule has 0 bridgehead atoms. The first-order valence-electron chi connectivity index (χ1n) is 8.69. The Bertz CT molecular complexity index is 960. The molecule has 1 N–H and O–H groups in total. The third-order valence-electron chi connectivity index (χ3n) is 4.24. The lowest BCUT2D eigenvalue weighted by Crippen LogP contribution is -2.24. The monoisotopic (exact) mass is 400 g/mol. The third kappa shape index (κ3) is 4.54. The second kappa shape index (κ2) is 8.63. The zero-order chi connectivity index (χ0) is 19.4. The number of nitrogens with one attached hydrogen (secondary N) is 1. The van der Waals surface area contributed by atoms with Crippen molar-refractivity contribution < 1.29 is 9.53 Å². The molecule has 0 aliphatic carbocycles. The van der Waals surface area contributed by atoms with Crippen LogP contribution in [0.2, 0.25) is 5.02 Å². The maximum absolute atomic E-state index is 12.7.